The Morgan fingerprint density at radius 2 is 1.83 bits per heavy atom. The van der Waals surface area contributed by atoms with Crippen molar-refractivity contribution in [2.24, 2.45) is 5.41 Å². The molecule has 0 saturated carbocycles. The molecule has 2 saturated heterocycles. The van der Waals surface area contributed by atoms with Gasteiger partial charge in [0.05, 0.1) is 5.41 Å². The zero-order valence-electron chi connectivity index (χ0n) is 14.7. The Morgan fingerprint density at radius 1 is 1.12 bits per heavy atom. The maximum Gasteiger partial charge on any atom is 0.410 e. The van der Waals surface area contributed by atoms with Crippen LogP contribution in [0.25, 0.3) is 0 Å². The number of hydrogen-bond donors (Lipinski definition) is 0. The third-order valence-electron chi connectivity index (χ3n) is 4.81. The Labute approximate surface area is 143 Å². The molecule has 0 radical (unpaired) electrons. The van der Waals surface area contributed by atoms with Gasteiger partial charge in [-0.2, -0.15) is 0 Å². The van der Waals surface area contributed by atoms with Gasteiger partial charge in [-0.1, -0.05) is 18.2 Å². The van der Waals surface area contributed by atoms with Crippen molar-refractivity contribution in [1.29, 1.82) is 0 Å². The number of rotatable bonds is 1. The molecule has 2 heterocycles. The first kappa shape index (κ1) is 16.8. The standard InChI is InChI=1S/C19H26N2O3/c1-18(2,3)24-17(23)20-12-7-10-19(14-20)11-13-21(16(19)22)15-8-5-4-6-9-15/h4-6,8-9H,7,10-14H2,1-3H3/t19-/m1/s1. The van der Waals surface area contributed by atoms with Gasteiger partial charge in [-0.3, -0.25) is 4.79 Å². The molecule has 1 spiro atoms. The number of carbonyl (C=O) groups excluding carboxylic acids is 2. The summed E-state index contributed by atoms with van der Waals surface area (Å²) >= 11 is 0. The lowest BCUT2D eigenvalue weighted by atomic mass is 9.78. The van der Waals surface area contributed by atoms with Crippen molar-refractivity contribution >= 4 is 17.7 Å². The number of para-hydroxylation sites is 1. The van der Waals surface area contributed by atoms with E-state index in [1.54, 1.807) is 4.90 Å². The van der Waals surface area contributed by atoms with E-state index in [9.17, 15) is 9.59 Å². The molecule has 5 nitrogen and oxygen atoms in total. The predicted molar refractivity (Wildman–Crippen MR) is 92.9 cm³/mol. The summed E-state index contributed by atoms with van der Waals surface area (Å²) in [5, 5.41) is 0. The van der Waals surface area contributed by atoms with Crippen LogP contribution in [0.3, 0.4) is 0 Å². The van der Waals surface area contributed by atoms with Crippen LogP contribution in [-0.4, -0.2) is 42.1 Å². The van der Waals surface area contributed by atoms with E-state index in [2.05, 4.69) is 0 Å². The third kappa shape index (κ3) is 3.25. The fraction of sp³-hybridized carbons (Fsp3) is 0.579. The molecule has 2 aliphatic rings. The Morgan fingerprint density at radius 3 is 2.50 bits per heavy atom. The van der Waals surface area contributed by atoms with Crippen molar-refractivity contribution in [3.8, 4) is 0 Å². The number of likely N-dealkylation sites (tertiary alicyclic amines) is 1. The number of anilines is 1. The molecular formula is C19H26N2O3. The molecule has 24 heavy (non-hydrogen) atoms. The van der Waals surface area contributed by atoms with E-state index in [4.69, 9.17) is 4.74 Å². The monoisotopic (exact) mass is 330 g/mol. The van der Waals surface area contributed by atoms with E-state index >= 15 is 0 Å². The number of benzene rings is 1. The fourth-order valence-electron chi connectivity index (χ4n) is 3.67. The molecule has 0 aromatic heterocycles. The van der Waals surface area contributed by atoms with Crippen LogP contribution in [0.1, 0.15) is 40.0 Å². The summed E-state index contributed by atoms with van der Waals surface area (Å²) in [6.07, 6.45) is 2.16. The maximum absolute atomic E-state index is 13.1. The van der Waals surface area contributed by atoms with Gasteiger partial charge < -0.3 is 14.5 Å². The van der Waals surface area contributed by atoms with Crippen LogP contribution in [0.2, 0.25) is 0 Å². The minimum atomic E-state index is -0.516. The average molecular weight is 330 g/mol. The molecule has 3 rings (SSSR count). The van der Waals surface area contributed by atoms with Crippen molar-refractivity contribution < 1.29 is 14.3 Å². The van der Waals surface area contributed by atoms with Gasteiger partial charge in [0.25, 0.3) is 0 Å². The minimum absolute atomic E-state index is 0.141. The molecule has 0 N–H and O–H groups in total. The lowest BCUT2D eigenvalue weighted by Crippen LogP contribution is -2.51. The van der Waals surface area contributed by atoms with E-state index < -0.39 is 11.0 Å². The molecule has 0 unspecified atom stereocenters. The fourth-order valence-corrected chi connectivity index (χ4v) is 3.67. The molecule has 5 heteroatoms. The molecule has 0 bridgehead atoms. The number of piperidine rings is 1. The van der Waals surface area contributed by atoms with Gasteiger partial charge in [0, 0.05) is 25.3 Å². The van der Waals surface area contributed by atoms with Crippen LogP contribution >= 0.6 is 0 Å². The van der Waals surface area contributed by atoms with E-state index in [1.165, 1.54) is 0 Å². The van der Waals surface area contributed by atoms with E-state index in [0.717, 1.165) is 24.9 Å². The van der Waals surface area contributed by atoms with Crippen molar-refractivity contribution in [2.45, 2.75) is 45.6 Å². The largest absolute Gasteiger partial charge is 0.444 e. The van der Waals surface area contributed by atoms with Crippen LogP contribution in [0.15, 0.2) is 30.3 Å². The van der Waals surface area contributed by atoms with Crippen molar-refractivity contribution in [1.82, 2.24) is 4.90 Å². The van der Waals surface area contributed by atoms with Gasteiger partial charge in [-0.25, -0.2) is 4.79 Å². The molecule has 130 valence electrons. The topological polar surface area (TPSA) is 49.9 Å². The van der Waals surface area contributed by atoms with Crippen molar-refractivity contribution in [3.05, 3.63) is 30.3 Å². The smallest absolute Gasteiger partial charge is 0.410 e. The Kier molecular flexibility index (Phi) is 4.28. The first-order valence-corrected chi connectivity index (χ1v) is 8.66. The zero-order chi connectivity index (χ0) is 17.4. The molecule has 0 aliphatic carbocycles. The summed E-state index contributed by atoms with van der Waals surface area (Å²) in [5.41, 5.74) is -0.0311. The first-order chi connectivity index (χ1) is 11.3. The SMILES string of the molecule is CC(C)(C)OC(=O)N1CCC[C@@]2(CCN(c3ccccc3)C2=O)C1. The Bertz CT molecular complexity index is 623. The number of hydrogen-bond acceptors (Lipinski definition) is 3. The summed E-state index contributed by atoms with van der Waals surface area (Å²) in [6.45, 7) is 7.43. The number of amides is 2. The van der Waals surface area contributed by atoms with Crippen LogP contribution in [-0.2, 0) is 9.53 Å². The predicted octanol–water partition coefficient (Wildman–Crippen LogP) is 3.44. The normalized spacial score (nSPS) is 24.5. The van der Waals surface area contributed by atoms with Crippen LogP contribution < -0.4 is 4.90 Å². The maximum atomic E-state index is 13.1. The van der Waals surface area contributed by atoms with Crippen molar-refractivity contribution in [2.75, 3.05) is 24.5 Å². The minimum Gasteiger partial charge on any atom is -0.444 e. The van der Waals surface area contributed by atoms with Gasteiger partial charge in [-0.05, 0) is 52.2 Å². The highest BCUT2D eigenvalue weighted by atomic mass is 16.6. The van der Waals surface area contributed by atoms with Gasteiger partial charge in [-0.15, -0.1) is 0 Å². The summed E-state index contributed by atoms with van der Waals surface area (Å²) in [5.74, 6) is 0.141. The van der Waals surface area contributed by atoms with Gasteiger partial charge in [0.15, 0.2) is 0 Å². The van der Waals surface area contributed by atoms with Crippen LogP contribution in [0.4, 0.5) is 10.5 Å². The van der Waals surface area contributed by atoms with Crippen molar-refractivity contribution in [3.63, 3.8) is 0 Å². The highest BCUT2D eigenvalue weighted by molar-refractivity contribution is 6.00. The first-order valence-electron chi connectivity index (χ1n) is 8.66. The summed E-state index contributed by atoms with van der Waals surface area (Å²) in [7, 11) is 0. The molecule has 2 aliphatic heterocycles. The Balaban J connectivity index is 1.74. The lowest BCUT2D eigenvalue weighted by Gasteiger charge is -2.39. The van der Waals surface area contributed by atoms with Crippen LogP contribution in [0.5, 0.6) is 0 Å². The van der Waals surface area contributed by atoms with E-state index in [1.807, 2.05) is 56.0 Å². The number of nitrogens with zero attached hydrogens (tertiary/aromatic N) is 2. The summed E-state index contributed by atoms with van der Waals surface area (Å²) < 4.78 is 5.49. The average Bonchev–Trinajstić information content (AvgIpc) is 2.83. The quantitative estimate of drug-likeness (QED) is 0.792. The van der Waals surface area contributed by atoms with Gasteiger partial charge in [0.2, 0.25) is 5.91 Å². The Hall–Kier alpha value is -2.04. The van der Waals surface area contributed by atoms with Crippen LogP contribution in [0, 0.1) is 5.41 Å². The van der Waals surface area contributed by atoms with Gasteiger partial charge >= 0.3 is 6.09 Å². The zero-order valence-corrected chi connectivity index (χ0v) is 14.7. The summed E-state index contributed by atoms with van der Waals surface area (Å²) in [6, 6.07) is 9.77. The molecule has 2 fully saturated rings. The van der Waals surface area contributed by atoms with Gasteiger partial charge in [0.1, 0.15) is 5.60 Å². The summed E-state index contributed by atoms with van der Waals surface area (Å²) in [4.78, 5) is 29.0. The number of carbonyl (C=O) groups is 2. The lowest BCUT2D eigenvalue weighted by molar-refractivity contribution is -0.128. The number of ether oxygens (including phenoxy) is 1. The van der Waals surface area contributed by atoms with E-state index in [0.29, 0.717) is 19.6 Å². The molecule has 1 aromatic carbocycles. The second-order valence-corrected chi connectivity index (χ2v) is 7.83. The second kappa shape index (κ2) is 6.11. The second-order valence-electron chi connectivity index (χ2n) is 7.83. The molecule has 2 amide bonds. The molecule has 1 aromatic rings. The van der Waals surface area contributed by atoms with E-state index in [-0.39, 0.29) is 12.0 Å². The third-order valence-corrected chi connectivity index (χ3v) is 4.81. The highest BCUT2D eigenvalue weighted by Crippen LogP contribution is 2.42. The molecular weight excluding hydrogens is 304 g/mol. The molecule has 1 atom stereocenters. The highest BCUT2D eigenvalue weighted by Gasteiger charge is 2.50.